The van der Waals surface area contributed by atoms with Crippen molar-refractivity contribution in [3.63, 3.8) is 0 Å². The van der Waals surface area contributed by atoms with Crippen molar-refractivity contribution >= 4 is 0 Å². The van der Waals surface area contributed by atoms with Gasteiger partial charge in [0.1, 0.15) is 0 Å². The molecule has 0 aliphatic heterocycles. The molecule has 0 aliphatic rings. The molecule has 0 aliphatic carbocycles. The minimum Gasteiger partial charge on any atom is -0.393 e. The summed E-state index contributed by atoms with van der Waals surface area (Å²) < 4.78 is 36.9. The van der Waals surface area contributed by atoms with Crippen LogP contribution in [0.5, 0.6) is 0 Å². The highest BCUT2D eigenvalue weighted by Crippen LogP contribution is 2.30. The van der Waals surface area contributed by atoms with Crippen LogP contribution < -0.4 is 0 Å². The Morgan fingerprint density at radius 3 is 2.00 bits per heavy atom. The average Bonchev–Trinajstić information content (AvgIpc) is 2.15. The first-order chi connectivity index (χ1) is 7.30. The molecule has 0 saturated carbocycles. The Bertz CT molecular complexity index is 327. The molecule has 1 aromatic rings. The number of benzene rings is 1. The summed E-state index contributed by atoms with van der Waals surface area (Å²) in [5.41, 5.74) is 0.175. The Labute approximate surface area is 92.9 Å². The number of hydrogen-bond acceptors (Lipinski definition) is 1. The zero-order valence-electron chi connectivity index (χ0n) is 9.25. The quantitative estimate of drug-likeness (QED) is 0.844. The highest BCUT2D eigenvalue weighted by atomic mass is 19.4. The standard InChI is InChI=1S/C12H15F3O/c1-8(7-9(2)16)10-3-5-11(6-4-10)12(13,14)15/h3-6,8-9,16H,7H2,1-2H3. The zero-order valence-corrected chi connectivity index (χ0v) is 9.25. The molecule has 0 fully saturated rings. The van der Waals surface area contributed by atoms with Crippen LogP contribution in [0.25, 0.3) is 0 Å². The van der Waals surface area contributed by atoms with E-state index in [1.807, 2.05) is 6.92 Å². The van der Waals surface area contributed by atoms with Crippen LogP contribution in [0.2, 0.25) is 0 Å². The first kappa shape index (κ1) is 13.0. The molecule has 0 heterocycles. The molecule has 1 N–H and O–H groups in total. The van der Waals surface area contributed by atoms with Crippen LogP contribution in [-0.4, -0.2) is 11.2 Å². The van der Waals surface area contributed by atoms with Crippen molar-refractivity contribution in [2.75, 3.05) is 0 Å². The van der Waals surface area contributed by atoms with Crippen molar-refractivity contribution < 1.29 is 18.3 Å². The van der Waals surface area contributed by atoms with E-state index < -0.39 is 17.8 Å². The lowest BCUT2D eigenvalue weighted by Crippen LogP contribution is -2.07. The maximum atomic E-state index is 12.3. The van der Waals surface area contributed by atoms with Crippen LogP contribution in [0, 0.1) is 0 Å². The number of aliphatic hydroxyl groups is 1. The second-order valence-corrected chi connectivity index (χ2v) is 4.11. The fourth-order valence-electron chi connectivity index (χ4n) is 1.65. The van der Waals surface area contributed by atoms with Crippen molar-refractivity contribution in [3.8, 4) is 0 Å². The first-order valence-electron chi connectivity index (χ1n) is 5.16. The second-order valence-electron chi connectivity index (χ2n) is 4.11. The maximum absolute atomic E-state index is 12.3. The van der Waals surface area contributed by atoms with Gasteiger partial charge in [-0.15, -0.1) is 0 Å². The van der Waals surface area contributed by atoms with Crippen LogP contribution in [0.1, 0.15) is 37.3 Å². The summed E-state index contributed by atoms with van der Waals surface area (Å²) in [5.74, 6) is 0.0577. The molecule has 0 bridgehead atoms. The first-order valence-corrected chi connectivity index (χ1v) is 5.16. The minimum atomic E-state index is -4.29. The van der Waals surface area contributed by atoms with Gasteiger partial charge in [0.05, 0.1) is 11.7 Å². The zero-order chi connectivity index (χ0) is 12.3. The summed E-state index contributed by atoms with van der Waals surface area (Å²) >= 11 is 0. The van der Waals surface area contributed by atoms with E-state index in [1.165, 1.54) is 12.1 Å². The van der Waals surface area contributed by atoms with Gasteiger partial charge in [-0.2, -0.15) is 13.2 Å². The molecule has 1 nitrogen and oxygen atoms in total. The van der Waals surface area contributed by atoms with Gasteiger partial charge in [-0.3, -0.25) is 0 Å². The fraction of sp³-hybridized carbons (Fsp3) is 0.500. The third kappa shape index (κ3) is 3.52. The molecule has 0 saturated heterocycles. The number of alkyl halides is 3. The molecule has 16 heavy (non-hydrogen) atoms. The smallest absolute Gasteiger partial charge is 0.393 e. The fourth-order valence-corrected chi connectivity index (χ4v) is 1.65. The van der Waals surface area contributed by atoms with E-state index in [-0.39, 0.29) is 5.92 Å². The molecule has 4 heteroatoms. The molecular formula is C12H15F3O. The van der Waals surface area contributed by atoms with Crippen LogP contribution in [0.15, 0.2) is 24.3 Å². The van der Waals surface area contributed by atoms with Gasteiger partial charge >= 0.3 is 6.18 Å². The molecule has 0 amide bonds. The summed E-state index contributed by atoms with van der Waals surface area (Å²) in [6, 6.07) is 5.09. The lowest BCUT2D eigenvalue weighted by atomic mass is 9.95. The predicted octanol–water partition coefficient (Wildman–Crippen LogP) is 3.58. The molecule has 2 atom stereocenters. The average molecular weight is 232 g/mol. The third-order valence-electron chi connectivity index (χ3n) is 2.50. The molecule has 90 valence electrons. The molecule has 1 rings (SSSR count). The predicted molar refractivity (Wildman–Crippen MR) is 56.2 cm³/mol. The van der Waals surface area contributed by atoms with Crippen molar-refractivity contribution in [2.45, 2.75) is 38.5 Å². The number of halogens is 3. The van der Waals surface area contributed by atoms with Crippen LogP contribution in [0.3, 0.4) is 0 Å². The number of hydrogen-bond donors (Lipinski definition) is 1. The monoisotopic (exact) mass is 232 g/mol. The van der Waals surface area contributed by atoms with E-state index in [1.54, 1.807) is 6.92 Å². The van der Waals surface area contributed by atoms with E-state index in [9.17, 15) is 18.3 Å². The van der Waals surface area contributed by atoms with Crippen LogP contribution in [-0.2, 0) is 6.18 Å². The van der Waals surface area contributed by atoms with E-state index in [0.29, 0.717) is 6.42 Å². The lowest BCUT2D eigenvalue weighted by molar-refractivity contribution is -0.137. The largest absolute Gasteiger partial charge is 0.416 e. The molecular weight excluding hydrogens is 217 g/mol. The van der Waals surface area contributed by atoms with Gasteiger partial charge < -0.3 is 5.11 Å². The molecule has 0 spiro atoms. The van der Waals surface area contributed by atoms with Gasteiger partial charge in [0.25, 0.3) is 0 Å². The second kappa shape index (κ2) is 4.87. The van der Waals surface area contributed by atoms with Gasteiger partial charge in [-0.1, -0.05) is 19.1 Å². The van der Waals surface area contributed by atoms with Crippen molar-refractivity contribution in [1.29, 1.82) is 0 Å². The molecule has 2 unspecified atom stereocenters. The van der Waals surface area contributed by atoms with E-state index in [2.05, 4.69) is 0 Å². The van der Waals surface area contributed by atoms with Gasteiger partial charge in [0.15, 0.2) is 0 Å². The topological polar surface area (TPSA) is 20.2 Å². The summed E-state index contributed by atoms with van der Waals surface area (Å²) in [4.78, 5) is 0. The highest BCUT2D eigenvalue weighted by molar-refractivity contribution is 5.26. The Hall–Kier alpha value is -1.03. The highest BCUT2D eigenvalue weighted by Gasteiger charge is 2.30. The maximum Gasteiger partial charge on any atom is 0.416 e. The normalized spacial score (nSPS) is 15.9. The van der Waals surface area contributed by atoms with E-state index in [4.69, 9.17) is 0 Å². The summed E-state index contributed by atoms with van der Waals surface area (Å²) in [7, 11) is 0. The number of rotatable bonds is 3. The molecule has 1 aromatic carbocycles. The summed E-state index contributed by atoms with van der Waals surface area (Å²) in [5, 5.41) is 9.19. The summed E-state index contributed by atoms with van der Waals surface area (Å²) in [6.45, 7) is 3.55. The Kier molecular flexibility index (Phi) is 3.97. The lowest BCUT2D eigenvalue weighted by Gasteiger charge is -2.14. The minimum absolute atomic E-state index is 0.0577. The van der Waals surface area contributed by atoms with Gasteiger partial charge in [0.2, 0.25) is 0 Å². The Balaban J connectivity index is 2.79. The van der Waals surface area contributed by atoms with E-state index in [0.717, 1.165) is 17.7 Å². The third-order valence-corrected chi connectivity index (χ3v) is 2.50. The van der Waals surface area contributed by atoms with Gasteiger partial charge in [-0.05, 0) is 37.0 Å². The van der Waals surface area contributed by atoms with Crippen LogP contribution >= 0.6 is 0 Å². The Morgan fingerprint density at radius 2 is 1.62 bits per heavy atom. The van der Waals surface area contributed by atoms with Crippen molar-refractivity contribution in [3.05, 3.63) is 35.4 Å². The Morgan fingerprint density at radius 1 is 1.12 bits per heavy atom. The molecule has 0 radical (unpaired) electrons. The van der Waals surface area contributed by atoms with Crippen molar-refractivity contribution in [2.24, 2.45) is 0 Å². The SMILES string of the molecule is CC(O)CC(C)c1ccc(C(F)(F)F)cc1. The number of aliphatic hydroxyl groups excluding tert-OH is 1. The van der Waals surface area contributed by atoms with Crippen molar-refractivity contribution in [1.82, 2.24) is 0 Å². The van der Waals surface area contributed by atoms with Crippen LogP contribution in [0.4, 0.5) is 13.2 Å². The molecule has 0 aromatic heterocycles. The van der Waals surface area contributed by atoms with Gasteiger partial charge in [-0.25, -0.2) is 0 Å². The van der Waals surface area contributed by atoms with Gasteiger partial charge in [0, 0.05) is 0 Å². The van der Waals surface area contributed by atoms with E-state index >= 15 is 0 Å². The summed E-state index contributed by atoms with van der Waals surface area (Å²) in [6.07, 6.45) is -4.19.